The average molecular weight is 497 g/mol. The minimum absolute atomic E-state index is 0.0500. The number of alkyl halides is 3. The van der Waals surface area contributed by atoms with Gasteiger partial charge in [-0.2, -0.15) is 13.2 Å². The van der Waals surface area contributed by atoms with Crippen LogP contribution in [0.3, 0.4) is 0 Å². The summed E-state index contributed by atoms with van der Waals surface area (Å²) in [5, 5.41) is 4.31. The fourth-order valence-corrected chi connectivity index (χ4v) is 4.89. The minimum Gasteiger partial charge on any atom is -0.322 e. The van der Waals surface area contributed by atoms with Gasteiger partial charge in [0, 0.05) is 17.1 Å². The zero-order valence-electron chi connectivity index (χ0n) is 17.0. The van der Waals surface area contributed by atoms with Crippen LogP contribution in [0.4, 0.5) is 28.9 Å². The summed E-state index contributed by atoms with van der Waals surface area (Å²) in [5.41, 5.74) is -0.940. The van der Waals surface area contributed by atoms with Gasteiger partial charge in [0.25, 0.3) is 11.8 Å². The smallest absolute Gasteiger partial charge is 0.322 e. The molecule has 4 rings (SSSR count). The van der Waals surface area contributed by atoms with Crippen LogP contribution in [-0.4, -0.2) is 18.4 Å². The molecule has 0 spiro atoms. The molecule has 2 amide bonds. The van der Waals surface area contributed by atoms with E-state index in [1.54, 1.807) is 16.2 Å². The van der Waals surface area contributed by atoms with Crippen molar-refractivity contribution in [2.24, 2.45) is 0 Å². The van der Waals surface area contributed by atoms with Gasteiger partial charge in [-0.15, -0.1) is 11.3 Å². The highest BCUT2D eigenvalue weighted by Crippen LogP contribution is 2.35. The quantitative estimate of drug-likeness (QED) is 0.406. The first kappa shape index (κ1) is 23.3. The Labute approximate surface area is 195 Å². The molecule has 2 aromatic carbocycles. The van der Waals surface area contributed by atoms with Crippen molar-refractivity contribution in [2.45, 2.75) is 25.4 Å². The Kier molecular flexibility index (Phi) is 6.45. The molecule has 172 valence electrons. The number of hydrogen-bond donors (Lipinski definition) is 1. The molecule has 1 aromatic heterocycles. The van der Waals surface area contributed by atoms with Crippen LogP contribution in [0.15, 0.2) is 47.8 Å². The van der Waals surface area contributed by atoms with Crippen molar-refractivity contribution in [3.8, 4) is 0 Å². The Balaban J connectivity index is 1.57. The van der Waals surface area contributed by atoms with Gasteiger partial charge in [-0.1, -0.05) is 11.6 Å². The van der Waals surface area contributed by atoms with Gasteiger partial charge in [-0.25, -0.2) is 4.39 Å². The second kappa shape index (κ2) is 9.15. The molecule has 10 heteroatoms. The van der Waals surface area contributed by atoms with Crippen molar-refractivity contribution < 1.29 is 27.2 Å². The highest BCUT2D eigenvalue weighted by molar-refractivity contribution is 7.10. The highest BCUT2D eigenvalue weighted by Gasteiger charge is 2.35. The maximum atomic E-state index is 13.3. The Morgan fingerprint density at radius 1 is 1.03 bits per heavy atom. The van der Waals surface area contributed by atoms with E-state index >= 15 is 0 Å². The van der Waals surface area contributed by atoms with Crippen molar-refractivity contribution in [1.82, 2.24) is 0 Å². The third-order valence-corrected chi connectivity index (χ3v) is 6.57. The molecule has 3 aromatic rings. The Bertz CT molecular complexity index is 1230. The maximum Gasteiger partial charge on any atom is 0.417 e. The van der Waals surface area contributed by atoms with Gasteiger partial charge in [-0.3, -0.25) is 9.59 Å². The number of amides is 2. The van der Waals surface area contributed by atoms with E-state index in [1.807, 2.05) is 11.4 Å². The zero-order valence-corrected chi connectivity index (χ0v) is 18.6. The molecule has 2 heterocycles. The molecule has 0 atom stereocenters. The van der Waals surface area contributed by atoms with Crippen molar-refractivity contribution in [3.05, 3.63) is 80.3 Å². The zero-order chi connectivity index (χ0) is 23.8. The summed E-state index contributed by atoms with van der Waals surface area (Å²) in [6.07, 6.45) is -2.19. The third-order valence-electron chi connectivity index (χ3n) is 5.28. The molecule has 1 aliphatic rings. The summed E-state index contributed by atoms with van der Waals surface area (Å²) in [7, 11) is 0. The van der Waals surface area contributed by atoms with Gasteiger partial charge in [-0.05, 0) is 67.1 Å². The summed E-state index contributed by atoms with van der Waals surface area (Å²) in [6.45, 7) is 0.544. The van der Waals surface area contributed by atoms with Crippen LogP contribution in [0.25, 0.3) is 0 Å². The van der Waals surface area contributed by atoms with E-state index < -0.39 is 29.0 Å². The lowest BCUT2D eigenvalue weighted by molar-refractivity contribution is -0.138. The predicted octanol–water partition coefficient (Wildman–Crippen LogP) is 6.79. The molecule has 0 fully saturated rings. The summed E-state index contributed by atoms with van der Waals surface area (Å²) in [6, 6.07) is 7.82. The molecule has 0 saturated heterocycles. The molecule has 33 heavy (non-hydrogen) atoms. The molecular formula is C23H17ClF4N2O2S. The maximum absolute atomic E-state index is 13.3. The number of benzene rings is 2. The number of thiophene rings is 1. The number of nitrogens with zero attached hydrogens (tertiary/aromatic N) is 1. The predicted molar refractivity (Wildman–Crippen MR) is 120 cm³/mol. The first-order chi connectivity index (χ1) is 15.6. The SMILES string of the molecule is O=C(Nc1ccc(C(=O)N2CCCCc3sccc32)c(Cl)c1)c1ccc(F)cc1C(F)(F)F. The van der Waals surface area contributed by atoms with Crippen LogP contribution in [0.2, 0.25) is 5.02 Å². The molecule has 0 radical (unpaired) electrons. The van der Waals surface area contributed by atoms with Gasteiger partial charge in [0.05, 0.1) is 27.4 Å². The van der Waals surface area contributed by atoms with E-state index in [1.165, 1.54) is 18.2 Å². The molecule has 1 aliphatic heterocycles. The first-order valence-electron chi connectivity index (χ1n) is 10.0. The van der Waals surface area contributed by atoms with Gasteiger partial charge in [0.15, 0.2) is 0 Å². The molecule has 4 nitrogen and oxygen atoms in total. The number of carbonyl (C=O) groups excluding carboxylic acids is 2. The summed E-state index contributed by atoms with van der Waals surface area (Å²) >= 11 is 7.91. The number of fused-ring (bicyclic) bond motifs is 1. The second-order valence-corrected chi connectivity index (χ2v) is 8.89. The van der Waals surface area contributed by atoms with Crippen LogP contribution in [0, 0.1) is 5.82 Å². The van der Waals surface area contributed by atoms with Crippen molar-refractivity contribution in [3.63, 3.8) is 0 Å². The number of anilines is 2. The van der Waals surface area contributed by atoms with Crippen LogP contribution < -0.4 is 10.2 Å². The molecule has 0 bridgehead atoms. The Morgan fingerprint density at radius 2 is 1.79 bits per heavy atom. The van der Waals surface area contributed by atoms with E-state index in [0.717, 1.165) is 42.0 Å². The minimum atomic E-state index is -4.91. The Hall–Kier alpha value is -2.91. The lowest BCUT2D eigenvalue weighted by Crippen LogP contribution is -2.31. The van der Waals surface area contributed by atoms with E-state index in [-0.39, 0.29) is 28.2 Å². The topological polar surface area (TPSA) is 49.4 Å². The molecule has 1 N–H and O–H groups in total. The molecule has 0 saturated carbocycles. The van der Waals surface area contributed by atoms with Crippen LogP contribution >= 0.6 is 22.9 Å². The van der Waals surface area contributed by atoms with Gasteiger partial charge in [0.1, 0.15) is 5.82 Å². The summed E-state index contributed by atoms with van der Waals surface area (Å²) in [4.78, 5) is 28.4. The summed E-state index contributed by atoms with van der Waals surface area (Å²) in [5.74, 6) is -2.47. The van der Waals surface area contributed by atoms with E-state index in [2.05, 4.69) is 5.32 Å². The van der Waals surface area contributed by atoms with Crippen molar-refractivity contribution in [1.29, 1.82) is 0 Å². The number of nitrogens with one attached hydrogen (secondary N) is 1. The number of rotatable bonds is 3. The number of carbonyl (C=O) groups is 2. The largest absolute Gasteiger partial charge is 0.417 e. The first-order valence-corrected chi connectivity index (χ1v) is 11.3. The number of aryl methyl sites for hydroxylation is 1. The lowest BCUT2D eigenvalue weighted by atomic mass is 10.1. The van der Waals surface area contributed by atoms with Crippen LogP contribution in [0.1, 0.15) is 44.0 Å². The van der Waals surface area contributed by atoms with Crippen LogP contribution in [0.5, 0.6) is 0 Å². The highest BCUT2D eigenvalue weighted by atomic mass is 35.5. The second-order valence-electron chi connectivity index (χ2n) is 7.48. The van der Waals surface area contributed by atoms with E-state index in [4.69, 9.17) is 11.6 Å². The standard InChI is InChI=1S/C23H17ClF4N2O2S/c24-18-12-14(29-21(31)15-6-4-13(25)11-17(15)23(26,27)28)5-7-16(18)22(32)30-9-2-1-3-20-19(30)8-10-33-20/h4-8,10-12H,1-3,9H2,(H,29,31). The van der Waals surface area contributed by atoms with Gasteiger partial charge in [0.2, 0.25) is 0 Å². The fourth-order valence-electron chi connectivity index (χ4n) is 3.71. The van der Waals surface area contributed by atoms with Gasteiger partial charge >= 0.3 is 6.18 Å². The normalized spacial score (nSPS) is 13.9. The van der Waals surface area contributed by atoms with E-state index in [9.17, 15) is 27.2 Å². The van der Waals surface area contributed by atoms with E-state index in [0.29, 0.717) is 6.54 Å². The molecular weight excluding hydrogens is 480 g/mol. The van der Waals surface area contributed by atoms with Crippen molar-refractivity contribution in [2.75, 3.05) is 16.8 Å². The third kappa shape index (κ3) is 4.89. The fraction of sp³-hybridized carbons (Fsp3) is 0.217. The number of hydrogen-bond acceptors (Lipinski definition) is 3. The summed E-state index contributed by atoms with van der Waals surface area (Å²) < 4.78 is 52.9. The monoisotopic (exact) mass is 496 g/mol. The molecule has 0 unspecified atom stereocenters. The molecule has 0 aliphatic carbocycles. The van der Waals surface area contributed by atoms with Gasteiger partial charge < -0.3 is 10.2 Å². The lowest BCUT2D eigenvalue weighted by Gasteiger charge is -2.22. The van der Waals surface area contributed by atoms with Crippen LogP contribution in [-0.2, 0) is 12.6 Å². The average Bonchev–Trinajstić information content (AvgIpc) is 3.12. The van der Waals surface area contributed by atoms with Crippen molar-refractivity contribution >= 4 is 46.1 Å². The Morgan fingerprint density at radius 3 is 2.52 bits per heavy atom. The number of halogens is 5.